The highest BCUT2D eigenvalue weighted by Crippen LogP contribution is 2.13. The summed E-state index contributed by atoms with van der Waals surface area (Å²) in [5, 5.41) is 0. The molecule has 7 heteroatoms. The Bertz CT molecular complexity index is 298. The van der Waals surface area contributed by atoms with E-state index in [0.29, 0.717) is 24.0 Å². The van der Waals surface area contributed by atoms with Crippen LogP contribution in [0.4, 0.5) is 11.9 Å². The summed E-state index contributed by atoms with van der Waals surface area (Å²) in [6.07, 6.45) is 0. The zero-order valence-electron chi connectivity index (χ0n) is 8.68. The molecule has 1 atom stereocenters. The van der Waals surface area contributed by atoms with Gasteiger partial charge in [0, 0.05) is 0 Å². The molecule has 0 aliphatic heterocycles. The SMILES string of the molecule is CC(CN)CSCc1nc(N)nc(N)n1. The highest BCUT2D eigenvalue weighted by molar-refractivity contribution is 7.98. The molecular weight excluding hydrogens is 212 g/mol. The molecule has 15 heavy (non-hydrogen) atoms. The number of nitrogens with zero attached hydrogens (tertiary/aromatic N) is 3. The van der Waals surface area contributed by atoms with Crippen LogP contribution < -0.4 is 17.2 Å². The number of thioether (sulfide) groups is 1. The predicted molar refractivity (Wildman–Crippen MR) is 63.0 cm³/mol. The fourth-order valence-corrected chi connectivity index (χ4v) is 1.91. The quantitative estimate of drug-likeness (QED) is 0.642. The summed E-state index contributed by atoms with van der Waals surface area (Å²) in [6.45, 7) is 2.79. The summed E-state index contributed by atoms with van der Waals surface area (Å²) in [7, 11) is 0. The third-order valence-corrected chi connectivity index (χ3v) is 3.02. The Morgan fingerprint density at radius 3 is 2.33 bits per heavy atom. The van der Waals surface area contributed by atoms with Gasteiger partial charge in [0.25, 0.3) is 0 Å². The average molecular weight is 228 g/mol. The molecule has 0 radical (unpaired) electrons. The number of nitrogen functional groups attached to an aromatic ring is 2. The first-order chi connectivity index (χ1) is 7.11. The summed E-state index contributed by atoms with van der Waals surface area (Å²) in [5.74, 6) is 3.11. The van der Waals surface area contributed by atoms with Gasteiger partial charge in [-0.25, -0.2) is 0 Å². The molecule has 1 aromatic heterocycles. The molecule has 1 unspecified atom stereocenters. The molecule has 0 aliphatic carbocycles. The number of rotatable bonds is 5. The summed E-state index contributed by atoms with van der Waals surface area (Å²) >= 11 is 1.71. The lowest BCUT2D eigenvalue weighted by molar-refractivity contribution is 0.675. The van der Waals surface area contributed by atoms with E-state index < -0.39 is 0 Å². The maximum Gasteiger partial charge on any atom is 0.225 e. The summed E-state index contributed by atoms with van der Waals surface area (Å²) < 4.78 is 0. The van der Waals surface area contributed by atoms with Crippen LogP contribution in [0, 0.1) is 5.92 Å². The fourth-order valence-electron chi connectivity index (χ4n) is 0.941. The summed E-state index contributed by atoms with van der Waals surface area (Å²) in [5.41, 5.74) is 16.4. The zero-order chi connectivity index (χ0) is 11.3. The van der Waals surface area contributed by atoms with Crippen molar-refractivity contribution in [2.45, 2.75) is 12.7 Å². The Morgan fingerprint density at radius 2 is 1.80 bits per heavy atom. The molecule has 6 N–H and O–H groups in total. The minimum Gasteiger partial charge on any atom is -0.368 e. The molecule has 0 spiro atoms. The zero-order valence-corrected chi connectivity index (χ0v) is 9.50. The second kappa shape index (κ2) is 5.72. The number of anilines is 2. The number of aromatic nitrogens is 3. The average Bonchev–Trinajstić information content (AvgIpc) is 2.16. The van der Waals surface area contributed by atoms with Gasteiger partial charge in [-0.2, -0.15) is 26.7 Å². The van der Waals surface area contributed by atoms with Gasteiger partial charge in [0.2, 0.25) is 11.9 Å². The van der Waals surface area contributed by atoms with E-state index in [1.54, 1.807) is 11.8 Å². The van der Waals surface area contributed by atoms with Crippen LogP contribution in [-0.4, -0.2) is 27.2 Å². The van der Waals surface area contributed by atoms with Crippen LogP contribution in [0.1, 0.15) is 12.7 Å². The van der Waals surface area contributed by atoms with Crippen molar-refractivity contribution in [1.29, 1.82) is 0 Å². The summed E-state index contributed by atoms with van der Waals surface area (Å²) in [6, 6.07) is 0. The van der Waals surface area contributed by atoms with Crippen LogP contribution in [-0.2, 0) is 5.75 Å². The van der Waals surface area contributed by atoms with Crippen molar-refractivity contribution in [3.8, 4) is 0 Å². The summed E-state index contributed by atoms with van der Waals surface area (Å²) in [4.78, 5) is 11.7. The van der Waals surface area contributed by atoms with Crippen molar-refractivity contribution in [2.75, 3.05) is 23.8 Å². The van der Waals surface area contributed by atoms with E-state index in [0.717, 1.165) is 5.75 Å². The highest BCUT2D eigenvalue weighted by atomic mass is 32.2. The molecule has 0 aromatic carbocycles. The molecule has 0 amide bonds. The highest BCUT2D eigenvalue weighted by Gasteiger charge is 2.04. The lowest BCUT2D eigenvalue weighted by atomic mass is 10.2. The second-order valence-corrected chi connectivity index (χ2v) is 4.35. The third-order valence-electron chi connectivity index (χ3n) is 1.75. The number of hydrogen-bond donors (Lipinski definition) is 3. The smallest absolute Gasteiger partial charge is 0.225 e. The fraction of sp³-hybridized carbons (Fsp3) is 0.625. The Kier molecular flexibility index (Phi) is 4.57. The number of hydrogen-bond acceptors (Lipinski definition) is 7. The van der Waals surface area contributed by atoms with E-state index in [9.17, 15) is 0 Å². The Morgan fingerprint density at radius 1 is 1.20 bits per heavy atom. The molecule has 0 fully saturated rings. The van der Waals surface area contributed by atoms with E-state index in [1.165, 1.54) is 0 Å². The third kappa shape index (κ3) is 4.30. The van der Waals surface area contributed by atoms with Crippen molar-refractivity contribution < 1.29 is 0 Å². The van der Waals surface area contributed by atoms with Crippen LogP contribution in [0.15, 0.2) is 0 Å². The van der Waals surface area contributed by atoms with Gasteiger partial charge in [-0.15, -0.1) is 0 Å². The van der Waals surface area contributed by atoms with Crippen LogP contribution in [0.3, 0.4) is 0 Å². The molecule has 1 rings (SSSR count). The first-order valence-electron chi connectivity index (χ1n) is 4.65. The molecule has 84 valence electrons. The molecular formula is C8H16N6S. The van der Waals surface area contributed by atoms with Gasteiger partial charge < -0.3 is 17.2 Å². The Labute approximate surface area is 93.1 Å². The van der Waals surface area contributed by atoms with Crippen molar-refractivity contribution in [3.63, 3.8) is 0 Å². The first kappa shape index (κ1) is 12.0. The Hall–Kier alpha value is -1.08. The van der Waals surface area contributed by atoms with Crippen LogP contribution >= 0.6 is 11.8 Å². The van der Waals surface area contributed by atoms with E-state index >= 15 is 0 Å². The largest absolute Gasteiger partial charge is 0.368 e. The van der Waals surface area contributed by atoms with Crippen molar-refractivity contribution in [3.05, 3.63) is 5.82 Å². The van der Waals surface area contributed by atoms with E-state index in [4.69, 9.17) is 17.2 Å². The van der Waals surface area contributed by atoms with Gasteiger partial charge in [0.1, 0.15) is 5.82 Å². The van der Waals surface area contributed by atoms with Gasteiger partial charge in [0.05, 0.1) is 5.75 Å². The van der Waals surface area contributed by atoms with Gasteiger partial charge >= 0.3 is 0 Å². The normalized spacial score (nSPS) is 12.7. The van der Waals surface area contributed by atoms with Crippen LogP contribution in [0.25, 0.3) is 0 Å². The molecule has 0 bridgehead atoms. The van der Waals surface area contributed by atoms with Gasteiger partial charge in [-0.05, 0) is 18.2 Å². The maximum absolute atomic E-state index is 5.51. The standard InChI is InChI=1S/C8H16N6S/c1-5(2-9)3-15-4-6-12-7(10)14-8(11)13-6/h5H,2-4,9H2,1H3,(H4,10,11,12,13,14). The molecule has 0 aliphatic rings. The van der Waals surface area contributed by atoms with Crippen molar-refractivity contribution in [1.82, 2.24) is 15.0 Å². The molecule has 1 aromatic rings. The monoisotopic (exact) mass is 228 g/mol. The van der Waals surface area contributed by atoms with Gasteiger partial charge in [-0.3, -0.25) is 0 Å². The van der Waals surface area contributed by atoms with E-state index in [-0.39, 0.29) is 11.9 Å². The topological polar surface area (TPSA) is 117 Å². The Balaban J connectivity index is 2.43. The minimum absolute atomic E-state index is 0.171. The van der Waals surface area contributed by atoms with Gasteiger partial charge in [0.15, 0.2) is 0 Å². The lowest BCUT2D eigenvalue weighted by Crippen LogP contribution is -2.13. The van der Waals surface area contributed by atoms with Crippen LogP contribution in [0.5, 0.6) is 0 Å². The van der Waals surface area contributed by atoms with E-state index in [2.05, 4.69) is 21.9 Å². The second-order valence-electron chi connectivity index (χ2n) is 3.32. The molecule has 1 heterocycles. The van der Waals surface area contributed by atoms with E-state index in [1.807, 2.05) is 0 Å². The van der Waals surface area contributed by atoms with Crippen molar-refractivity contribution >= 4 is 23.7 Å². The first-order valence-corrected chi connectivity index (χ1v) is 5.81. The number of nitrogens with two attached hydrogens (primary N) is 3. The molecule has 0 saturated heterocycles. The minimum atomic E-state index is 0.171. The maximum atomic E-state index is 5.51. The van der Waals surface area contributed by atoms with Gasteiger partial charge in [-0.1, -0.05) is 6.92 Å². The lowest BCUT2D eigenvalue weighted by Gasteiger charge is -2.07. The van der Waals surface area contributed by atoms with Crippen molar-refractivity contribution in [2.24, 2.45) is 11.7 Å². The van der Waals surface area contributed by atoms with Crippen LogP contribution in [0.2, 0.25) is 0 Å². The molecule has 0 saturated carbocycles. The predicted octanol–water partition coefficient (Wildman–Crippen LogP) is -0.136. The molecule has 6 nitrogen and oxygen atoms in total.